The minimum Gasteiger partial charge on any atom is -0.497 e. The molecule has 0 fully saturated rings. The Balaban J connectivity index is 2.06. The number of amides is 1. The Bertz CT molecular complexity index is 856. The maximum absolute atomic E-state index is 12.4. The summed E-state index contributed by atoms with van der Waals surface area (Å²) in [6.07, 6.45) is 1.44. The Morgan fingerprint density at radius 2 is 1.88 bits per heavy atom. The van der Waals surface area contributed by atoms with Gasteiger partial charge in [0.15, 0.2) is 0 Å². The van der Waals surface area contributed by atoms with Crippen LogP contribution in [-0.4, -0.2) is 13.0 Å². The molecule has 2 aromatic rings. The number of rotatable bonds is 6. The number of carbonyl (C=O) groups excluding carboxylic acids is 1. The number of ether oxygens (including phenoxy) is 1. The Labute approximate surface area is 154 Å². The fourth-order valence-electron chi connectivity index (χ4n) is 2.76. The number of methoxy groups -OCH3 is 1. The van der Waals surface area contributed by atoms with Gasteiger partial charge in [0.05, 0.1) is 7.11 Å². The van der Waals surface area contributed by atoms with Crippen LogP contribution in [0.5, 0.6) is 5.75 Å². The summed E-state index contributed by atoms with van der Waals surface area (Å²) in [5.41, 5.74) is 4.83. The lowest BCUT2D eigenvalue weighted by atomic mass is 10.0. The molecule has 2 N–H and O–H groups in total. The summed E-state index contributed by atoms with van der Waals surface area (Å²) < 4.78 is 5.18. The number of nitrogens with zero attached hydrogens (tertiary/aromatic N) is 1. The van der Waals surface area contributed by atoms with E-state index in [2.05, 4.69) is 10.6 Å². The number of anilines is 1. The fourth-order valence-corrected chi connectivity index (χ4v) is 2.76. The van der Waals surface area contributed by atoms with Crippen LogP contribution in [0.15, 0.2) is 48.2 Å². The van der Waals surface area contributed by atoms with Gasteiger partial charge in [0.1, 0.15) is 17.4 Å². The van der Waals surface area contributed by atoms with E-state index in [1.54, 1.807) is 7.11 Å². The summed E-state index contributed by atoms with van der Waals surface area (Å²) in [5, 5.41) is 15.1. The molecule has 0 atom stereocenters. The Hall–Kier alpha value is -3.26. The van der Waals surface area contributed by atoms with Crippen LogP contribution in [0.1, 0.15) is 22.3 Å². The summed E-state index contributed by atoms with van der Waals surface area (Å²) in [6, 6.07) is 13.5. The van der Waals surface area contributed by atoms with Gasteiger partial charge in [-0.2, -0.15) is 5.26 Å². The SMILES string of the molecule is COc1cccc(CN/C=C(/C#N)C(=O)Nc2c(C)cc(C)cc2C)c1. The third-order valence-corrected chi connectivity index (χ3v) is 3.97. The maximum atomic E-state index is 12.4. The van der Waals surface area contributed by atoms with Crippen molar-refractivity contribution in [2.24, 2.45) is 0 Å². The highest BCUT2D eigenvalue weighted by Gasteiger charge is 2.12. The van der Waals surface area contributed by atoms with Crippen molar-refractivity contribution in [3.05, 3.63) is 70.4 Å². The van der Waals surface area contributed by atoms with E-state index < -0.39 is 5.91 Å². The van der Waals surface area contributed by atoms with Crippen LogP contribution in [0.25, 0.3) is 0 Å². The highest BCUT2D eigenvalue weighted by atomic mass is 16.5. The van der Waals surface area contributed by atoms with Gasteiger partial charge in [0, 0.05) is 18.4 Å². The van der Waals surface area contributed by atoms with E-state index >= 15 is 0 Å². The molecular weight excluding hydrogens is 326 g/mol. The van der Waals surface area contributed by atoms with Crippen molar-refractivity contribution in [3.63, 3.8) is 0 Å². The van der Waals surface area contributed by atoms with Crippen LogP contribution in [-0.2, 0) is 11.3 Å². The van der Waals surface area contributed by atoms with Crippen LogP contribution in [0.4, 0.5) is 5.69 Å². The first-order chi connectivity index (χ1) is 12.4. The lowest BCUT2D eigenvalue weighted by Gasteiger charge is -2.12. The second-order valence-corrected chi connectivity index (χ2v) is 6.13. The first-order valence-electron chi connectivity index (χ1n) is 8.30. The zero-order valence-corrected chi connectivity index (χ0v) is 15.5. The minimum absolute atomic E-state index is 0.0206. The summed E-state index contributed by atoms with van der Waals surface area (Å²) in [4.78, 5) is 12.4. The average Bonchev–Trinajstić information content (AvgIpc) is 2.61. The topological polar surface area (TPSA) is 74.1 Å². The van der Waals surface area contributed by atoms with Gasteiger partial charge in [-0.3, -0.25) is 4.79 Å². The second kappa shape index (κ2) is 8.72. The fraction of sp³-hybridized carbons (Fsp3) is 0.238. The number of hydrogen-bond acceptors (Lipinski definition) is 4. The predicted molar refractivity (Wildman–Crippen MR) is 103 cm³/mol. The average molecular weight is 349 g/mol. The molecule has 2 aromatic carbocycles. The highest BCUT2D eigenvalue weighted by Crippen LogP contribution is 2.22. The monoisotopic (exact) mass is 349 g/mol. The van der Waals surface area contributed by atoms with Crippen LogP contribution < -0.4 is 15.4 Å². The van der Waals surface area contributed by atoms with Gasteiger partial charge in [-0.25, -0.2) is 0 Å². The number of carbonyl (C=O) groups is 1. The summed E-state index contributed by atoms with van der Waals surface area (Å²) >= 11 is 0. The van der Waals surface area contributed by atoms with Crippen molar-refractivity contribution >= 4 is 11.6 Å². The molecule has 0 aromatic heterocycles. The lowest BCUT2D eigenvalue weighted by Crippen LogP contribution is -2.18. The lowest BCUT2D eigenvalue weighted by molar-refractivity contribution is -0.112. The van der Waals surface area contributed by atoms with Crippen molar-refractivity contribution in [2.45, 2.75) is 27.3 Å². The zero-order valence-electron chi connectivity index (χ0n) is 15.5. The molecule has 134 valence electrons. The molecule has 0 radical (unpaired) electrons. The van der Waals surface area contributed by atoms with E-state index in [0.717, 1.165) is 33.7 Å². The van der Waals surface area contributed by atoms with Crippen LogP contribution in [0, 0.1) is 32.1 Å². The van der Waals surface area contributed by atoms with Gasteiger partial charge in [0.25, 0.3) is 5.91 Å². The van der Waals surface area contributed by atoms with Crippen molar-refractivity contribution in [1.29, 1.82) is 5.26 Å². The number of nitriles is 1. The number of aryl methyl sites for hydroxylation is 3. The Kier molecular flexibility index (Phi) is 6.40. The highest BCUT2D eigenvalue weighted by molar-refractivity contribution is 6.07. The van der Waals surface area contributed by atoms with Crippen molar-refractivity contribution < 1.29 is 9.53 Å². The normalized spacial score (nSPS) is 10.8. The molecule has 0 aliphatic carbocycles. The molecule has 0 saturated carbocycles. The number of hydrogen-bond donors (Lipinski definition) is 2. The van der Waals surface area contributed by atoms with Crippen molar-refractivity contribution in [3.8, 4) is 11.8 Å². The van der Waals surface area contributed by atoms with E-state index in [4.69, 9.17) is 4.74 Å². The van der Waals surface area contributed by atoms with Gasteiger partial charge in [0.2, 0.25) is 0 Å². The maximum Gasteiger partial charge on any atom is 0.267 e. The Morgan fingerprint density at radius 1 is 1.19 bits per heavy atom. The molecule has 26 heavy (non-hydrogen) atoms. The van der Waals surface area contributed by atoms with Crippen LogP contribution in [0.3, 0.4) is 0 Å². The van der Waals surface area contributed by atoms with Gasteiger partial charge in [-0.15, -0.1) is 0 Å². The molecule has 0 unspecified atom stereocenters. The molecular formula is C21H23N3O2. The summed E-state index contributed by atoms with van der Waals surface area (Å²) in [5.74, 6) is 0.331. The molecule has 0 bridgehead atoms. The molecule has 2 rings (SSSR count). The molecule has 0 aliphatic heterocycles. The molecule has 0 saturated heterocycles. The van der Waals surface area contributed by atoms with E-state index in [1.807, 2.05) is 63.2 Å². The van der Waals surface area contributed by atoms with Crippen LogP contribution in [0.2, 0.25) is 0 Å². The van der Waals surface area contributed by atoms with Crippen molar-refractivity contribution in [1.82, 2.24) is 5.32 Å². The molecule has 5 nitrogen and oxygen atoms in total. The van der Waals surface area contributed by atoms with E-state index in [-0.39, 0.29) is 5.57 Å². The van der Waals surface area contributed by atoms with Gasteiger partial charge < -0.3 is 15.4 Å². The standard InChI is InChI=1S/C21H23N3O2/c1-14-8-15(2)20(16(3)9-14)24-21(25)18(11-22)13-23-12-17-6-5-7-19(10-17)26-4/h5-10,13,23H,12H2,1-4H3,(H,24,25)/b18-13-. The second-order valence-electron chi connectivity index (χ2n) is 6.13. The molecule has 0 heterocycles. The Morgan fingerprint density at radius 3 is 2.50 bits per heavy atom. The largest absolute Gasteiger partial charge is 0.497 e. The summed E-state index contributed by atoms with van der Waals surface area (Å²) in [7, 11) is 1.61. The first-order valence-corrected chi connectivity index (χ1v) is 8.30. The summed E-state index contributed by atoms with van der Waals surface area (Å²) in [6.45, 7) is 6.37. The first kappa shape index (κ1) is 19.1. The minimum atomic E-state index is -0.430. The molecule has 0 aliphatic rings. The molecule has 0 spiro atoms. The predicted octanol–water partition coefficient (Wildman–Crippen LogP) is 3.76. The number of nitrogens with one attached hydrogen (secondary N) is 2. The zero-order chi connectivity index (χ0) is 19.1. The number of benzene rings is 2. The van der Waals surface area contributed by atoms with Gasteiger partial charge in [-0.05, 0) is 49.6 Å². The quantitative estimate of drug-likeness (QED) is 0.615. The molecule has 5 heteroatoms. The van der Waals surface area contributed by atoms with Gasteiger partial charge in [-0.1, -0.05) is 29.8 Å². The van der Waals surface area contributed by atoms with E-state index in [0.29, 0.717) is 6.54 Å². The third-order valence-electron chi connectivity index (χ3n) is 3.97. The third kappa shape index (κ3) is 4.87. The van der Waals surface area contributed by atoms with E-state index in [9.17, 15) is 10.1 Å². The van der Waals surface area contributed by atoms with Crippen molar-refractivity contribution in [2.75, 3.05) is 12.4 Å². The van der Waals surface area contributed by atoms with Gasteiger partial charge >= 0.3 is 0 Å². The molecule has 1 amide bonds. The van der Waals surface area contributed by atoms with Crippen LogP contribution >= 0.6 is 0 Å². The van der Waals surface area contributed by atoms with E-state index in [1.165, 1.54) is 6.20 Å². The smallest absolute Gasteiger partial charge is 0.267 e.